The minimum atomic E-state index is -0.325. The highest BCUT2D eigenvalue weighted by molar-refractivity contribution is 7.15. The quantitative estimate of drug-likeness (QED) is 0.850. The van der Waals surface area contributed by atoms with Gasteiger partial charge in [0.05, 0.1) is 16.3 Å². The van der Waals surface area contributed by atoms with Crippen LogP contribution in [0.3, 0.4) is 0 Å². The molecule has 0 amide bonds. The molecule has 114 valence electrons. The van der Waals surface area contributed by atoms with Gasteiger partial charge < -0.3 is 5.32 Å². The number of aromatic nitrogens is 1. The molecule has 1 heterocycles. The Bertz CT molecular complexity index is 611. The standard InChI is InChI=1S/C16H20ClFN2S/c1-5-12-13(9-19-16(2,3)4)21-15(20-12)14-10(17)7-6-8-11(14)18/h6-8,19H,5,9H2,1-4H3. The zero-order valence-corrected chi connectivity index (χ0v) is 14.3. The van der Waals surface area contributed by atoms with Crippen molar-refractivity contribution >= 4 is 22.9 Å². The first-order valence-electron chi connectivity index (χ1n) is 7.00. The zero-order valence-electron chi connectivity index (χ0n) is 12.8. The van der Waals surface area contributed by atoms with Crippen molar-refractivity contribution in [3.8, 4) is 10.6 Å². The number of thiazole rings is 1. The van der Waals surface area contributed by atoms with Crippen LogP contribution < -0.4 is 5.32 Å². The van der Waals surface area contributed by atoms with E-state index in [1.807, 2.05) is 0 Å². The van der Waals surface area contributed by atoms with E-state index in [0.29, 0.717) is 15.6 Å². The first kappa shape index (κ1) is 16.4. The molecule has 0 radical (unpaired) electrons. The zero-order chi connectivity index (χ0) is 15.6. The number of nitrogens with one attached hydrogen (secondary N) is 1. The van der Waals surface area contributed by atoms with Crippen LogP contribution in [-0.4, -0.2) is 10.5 Å². The summed E-state index contributed by atoms with van der Waals surface area (Å²) in [5.74, 6) is -0.325. The first-order chi connectivity index (χ1) is 9.81. The van der Waals surface area contributed by atoms with Crippen molar-refractivity contribution in [3.05, 3.63) is 39.6 Å². The Morgan fingerprint density at radius 2 is 2.05 bits per heavy atom. The van der Waals surface area contributed by atoms with Gasteiger partial charge in [-0.25, -0.2) is 9.37 Å². The number of halogens is 2. The van der Waals surface area contributed by atoms with Crippen LogP contribution in [-0.2, 0) is 13.0 Å². The van der Waals surface area contributed by atoms with Crippen molar-refractivity contribution in [3.63, 3.8) is 0 Å². The number of hydrogen-bond donors (Lipinski definition) is 1. The van der Waals surface area contributed by atoms with Crippen molar-refractivity contribution < 1.29 is 4.39 Å². The third-order valence-corrected chi connectivity index (χ3v) is 4.50. The Balaban J connectivity index is 2.37. The molecule has 1 N–H and O–H groups in total. The van der Waals surface area contributed by atoms with Gasteiger partial charge in [-0.05, 0) is 39.3 Å². The molecule has 0 spiro atoms. The lowest BCUT2D eigenvalue weighted by molar-refractivity contribution is 0.425. The highest BCUT2D eigenvalue weighted by Gasteiger charge is 2.18. The molecule has 21 heavy (non-hydrogen) atoms. The minimum absolute atomic E-state index is 0.0325. The van der Waals surface area contributed by atoms with Crippen LogP contribution in [0.2, 0.25) is 5.02 Å². The fraction of sp³-hybridized carbons (Fsp3) is 0.438. The molecule has 1 aromatic carbocycles. The molecular weight excluding hydrogens is 307 g/mol. The topological polar surface area (TPSA) is 24.9 Å². The van der Waals surface area contributed by atoms with Gasteiger partial charge in [0, 0.05) is 17.0 Å². The Hall–Kier alpha value is -0.970. The molecule has 1 aromatic heterocycles. The third kappa shape index (κ3) is 4.02. The van der Waals surface area contributed by atoms with Crippen LogP contribution in [0.1, 0.15) is 38.3 Å². The number of nitrogens with zero attached hydrogens (tertiary/aromatic N) is 1. The fourth-order valence-corrected chi connectivity index (χ4v) is 3.41. The lowest BCUT2D eigenvalue weighted by Crippen LogP contribution is -2.35. The van der Waals surface area contributed by atoms with E-state index in [1.54, 1.807) is 12.1 Å². The van der Waals surface area contributed by atoms with Crippen LogP contribution >= 0.6 is 22.9 Å². The molecule has 0 saturated carbocycles. The van der Waals surface area contributed by atoms with Crippen LogP contribution in [0, 0.1) is 5.82 Å². The van der Waals surface area contributed by atoms with E-state index in [0.717, 1.165) is 23.5 Å². The average Bonchev–Trinajstić information content (AvgIpc) is 2.78. The molecule has 2 aromatic rings. The maximum absolute atomic E-state index is 14.0. The molecule has 0 aliphatic heterocycles. The summed E-state index contributed by atoms with van der Waals surface area (Å²) >= 11 is 7.64. The predicted octanol–water partition coefficient (Wildman–Crippen LogP) is 5.05. The Morgan fingerprint density at radius 1 is 1.33 bits per heavy atom. The highest BCUT2D eigenvalue weighted by Crippen LogP contribution is 2.35. The van der Waals surface area contributed by atoms with Gasteiger partial charge in [0.15, 0.2) is 0 Å². The van der Waals surface area contributed by atoms with Gasteiger partial charge in [0.2, 0.25) is 0 Å². The summed E-state index contributed by atoms with van der Waals surface area (Å²) in [5, 5.41) is 4.51. The monoisotopic (exact) mass is 326 g/mol. The Kier molecular flexibility index (Phi) is 5.02. The van der Waals surface area contributed by atoms with E-state index < -0.39 is 0 Å². The van der Waals surface area contributed by atoms with E-state index in [1.165, 1.54) is 17.4 Å². The van der Waals surface area contributed by atoms with Crippen LogP contribution in [0.15, 0.2) is 18.2 Å². The molecule has 0 unspecified atom stereocenters. The summed E-state index contributed by atoms with van der Waals surface area (Å²) in [7, 11) is 0. The van der Waals surface area contributed by atoms with Crippen molar-refractivity contribution in [2.45, 2.75) is 46.2 Å². The van der Waals surface area contributed by atoms with E-state index >= 15 is 0 Å². The summed E-state index contributed by atoms with van der Waals surface area (Å²) < 4.78 is 14.0. The number of aryl methyl sites for hydroxylation is 1. The van der Waals surface area contributed by atoms with E-state index in [9.17, 15) is 4.39 Å². The molecule has 2 rings (SSSR count). The summed E-state index contributed by atoms with van der Waals surface area (Å²) in [6, 6.07) is 4.72. The normalized spacial score (nSPS) is 11.9. The van der Waals surface area contributed by atoms with Gasteiger partial charge in [0.25, 0.3) is 0 Å². The van der Waals surface area contributed by atoms with Crippen molar-refractivity contribution in [2.24, 2.45) is 0 Å². The van der Waals surface area contributed by atoms with Gasteiger partial charge in [-0.15, -0.1) is 11.3 Å². The van der Waals surface area contributed by atoms with Gasteiger partial charge in [0.1, 0.15) is 10.8 Å². The Morgan fingerprint density at radius 3 is 2.62 bits per heavy atom. The second kappa shape index (κ2) is 6.42. The molecule has 0 aliphatic rings. The number of rotatable bonds is 4. The molecular formula is C16H20ClFN2S. The average molecular weight is 327 g/mol. The summed E-state index contributed by atoms with van der Waals surface area (Å²) in [6.07, 6.45) is 0.823. The van der Waals surface area contributed by atoms with Gasteiger partial charge >= 0.3 is 0 Å². The summed E-state index contributed by atoms with van der Waals surface area (Å²) in [4.78, 5) is 5.72. The second-order valence-corrected chi connectivity index (χ2v) is 7.43. The van der Waals surface area contributed by atoms with E-state index in [4.69, 9.17) is 11.6 Å². The van der Waals surface area contributed by atoms with Crippen molar-refractivity contribution in [2.75, 3.05) is 0 Å². The van der Waals surface area contributed by atoms with Gasteiger partial charge in [-0.3, -0.25) is 0 Å². The minimum Gasteiger partial charge on any atom is -0.307 e. The van der Waals surface area contributed by atoms with Gasteiger partial charge in [-0.2, -0.15) is 0 Å². The van der Waals surface area contributed by atoms with Gasteiger partial charge in [-0.1, -0.05) is 24.6 Å². The maximum atomic E-state index is 14.0. The van der Waals surface area contributed by atoms with Crippen LogP contribution in [0.5, 0.6) is 0 Å². The Labute approximate surface area is 134 Å². The largest absolute Gasteiger partial charge is 0.307 e. The lowest BCUT2D eigenvalue weighted by atomic mass is 10.1. The third-order valence-electron chi connectivity index (χ3n) is 3.07. The molecule has 0 aliphatic carbocycles. The lowest BCUT2D eigenvalue weighted by Gasteiger charge is -2.20. The maximum Gasteiger partial charge on any atom is 0.134 e. The molecule has 5 heteroatoms. The molecule has 2 nitrogen and oxygen atoms in total. The first-order valence-corrected chi connectivity index (χ1v) is 8.19. The van der Waals surface area contributed by atoms with Crippen molar-refractivity contribution in [1.29, 1.82) is 0 Å². The smallest absolute Gasteiger partial charge is 0.134 e. The van der Waals surface area contributed by atoms with E-state index in [2.05, 4.69) is 38.0 Å². The van der Waals surface area contributed by atoms with E-state index in [-0.39, 0.29) is 11.4 Å². The summed E-state index contributed by atoms with van der Waals surface area (Å²) in [5.41, 5.74) is 1.44. The number of hydrogen-bond acceptors (Lipinski definition) is 3. The molecule has 0 atom stereocenters. The predicted molar refractivity (Wildman–Crippen MR) is 88.5 cm³/mol. The molecule has 0 fully saturated rings. The summed E-state index contributed by atoms with van der Waals surface area (Å²) in [6.45, 7) is 9.15. The number of benzene rings is 1. The fourth-order valence-electron chi connectivity index (χ4n) is 1.95. The van der Waals surface area contributed by atoms with Crippen LogP contribution in [0.4, 0.5) is 4.39 Å². The molecule has 0 saturated heterocycles. The highest BCUT2D eigenvalue weighted by atomic mass is 35.5. The van der Waals surface area contributed by atoms with Crippen molar-refractivity contribution in [1.82, 2.24) is 10.3 Å². The molecule has 0 bridgehead atoms. The SMILES string of the molecule is CCc1nc(-c2c(F)cccc2Cl)sc1CNC(C)(C)C. The van der Waals surface area contributed by atoms with Crippen LogP contribution in [0.25, 0.3) is 10.6 Å². The second-order valence-electron chi connectivity index (χ2n) is 5.94.